The zero-order chi connectivity index (χ0) is 18.3. The molecule has 0 bridgehead atoms. The highest BCUT2D eigenvalue weighted by Crippen LogP contribution is 2.30. The Morgan fingerprint density at radius 3 is 2.69 bits per heavy atom. The largest absolute Gasteiger partial charge is 0.348 e. The molecule has 0 saturated carbocycles. The third kappa shape index (κ3) is 2.65. The number of hydrogen-bond acceptors (Lipinski definition) is 3. The second-order valence-corrected chi connectivity index (χ2v) is 6.57. The summed E-state index contributed by atoms with van der Waals surface area (Å²) in [5.41, 5.74) is 2.11. The van der Waals surface area contributed by atoms with Crippen LogP contribution in [-0.2, 0) is 11.3 Å². The van der Waals surface area contributed by atoms with Gasteiger partial charge in [-0.3, -0.25) is 19.8 Å². The molecule has 0 spiro atoms. The van der Waals surface area contributed by atoms with Gasteiger partial charge in [0.1, 0.15) is 0 Å². The van der Waals surface area contributed by atoms with Crippen LogP contribution in [0.3, 0.4) is 0 Å². The van der Waals surface area contributed by atoms with Gasteiger partial charge < -0.3 is 9.47 Å². The van der Waals surface area contributed by atoms with E-state index in [-0.39, 0.29) is 30.8 Å². The normalized spacial score (nSPS) is 20.0. The second-order valence-electron chi connectivity index (χ2n) is 6.57. The zero-order valence-electron chi connectivity index (χ0n) is 14.5. The first kappa shape index (κ1) is 16.4. The predicted molar refractivity (Wildman–Crippen MR) is 95.8 cm³/mol. The van der Waals surface area contributed by atoms with Crippen LogP contribution in [0, 0.1) is 0 Å². The summed E-state index contributed by atoms with van der Waals surface area (Å²) in [6.07, 6.45) is 2.25. The molecule has 1 aromatic carbocycles. The van der Waals surface area contributed by atoms with Gasteiger partial charge in [-0.15, -0.1) is 0 Å². The average molecular weight is 352 g/mol. The van der Waals surface area contributed by atoms with Gasteiger partial charge in [-0.1, -0.05) is 12.1 Å². The minimum Gasteiger partial charge on any atom is -0.348 e. The van der Waals surface area contributed by atoms with Crippen molar-refractivity contribution in [2.75, 3.05) is 18.0 Å². The summed E-state index contributed by atoms with van der Waals surface area (Å²) in [4.78, 5) is 40.2. The van der Waals surface area contributed by atoms with Crippen molar-refractivity contribution >= 4 is 23.5 Å². The fourth-order valence-electron chi connectivity index (χ4n) is 3.69. The van der Waals surface area contributed by atoms with Gasteiger partial charge in [-0.2, -0.15) is 0 Å². The summed E-state index contributed by atoms with van der Waals surface area (Å²) in [6.45, 7) is 3.64. The lowest BCUT2D eigenvalue weighted by atomic mass is 10.1. The van der Waals surface area contributed by atoms with Crippen molar-refractivity contribution in [2.45, 2.75) is 25.9 Å². The third-order valence-electron chi connectivity index (χ3n) is 5.08. The van der Waals surface area contributed by atoms with Gasteiger partial charge in [0.05, 0.1) is 17.3 Å². The minimum atomic E-state index is -0.484. The highest BCUT2D eigenvalue weighted by atomic mass is 16.2. The number of nitrogens with zero attached hydrogens (tertiary/aromatic N) is 3. The van der Waals surface area contributed by atoms with Crippen molar-refractivity contribution in [3.8, 4) is 0 Å². The molecule has 1 fully saturated rings. The number of hydrogen-bond donors (Lipinski definition) is 1. The predicted octanol–water partition coefficient (Wildman–Crippen LogP) is 2.15. The fraction of sp³-hybridized carbons (Fsp3) is 0.316. The van der Waals surface area contributed by atoms with Crippen LogP contribution in [0.5, 0.6) is 0 Å². The number of imide groups is 1. The van der Waals surface area contributed by atoms with Gasteiger partial charge in [0.15, 0.2) is 0 Å². The van der Waals surface area contributed by atoms with Crippen molar-refractivity contribution in [1.29, 1.82) is 0 Å². The van der Waals surface area contributed by atoms with E-state index in [9.17, 15) is 14.4 Å². The molecule has 0 aliphatic carbocycles. The van der Waals surface area contributed by atoms with Gasteiger partial charge in [0.25, 0.3) is 5.91 Å². The summed E-state index contributed by atoms with van der Waals surface area (Å²) in [5.74, 6) is -0.397. The number of amides is 4. The van der Waals surface area contributed by atoms with E-state index in [4.69, 9.17) is 0 Å². The maximum Gasteiger partial charge on any atom is 0.328 e. The highest BCUT2D eigenvalue weighted by Gasteiger charge is 2.32. The van der Waals surface area contributed by atoms with Crippen LogP contribution < -0.4 is 10.2 Å². The minimum absolute atomic E-state index is 0.0453. The lowest BCUT2D eigenvalue weighted by Gasteiger charge is -2.36. The van der Waals surface area contributed by atoms with Crippen molar-refractivity contribution in [3.05, 3.63) is 53.9 Å². The van der Waals surface area contributed by atoms with Crippen molar-refractivity contribution in [3.63, 3.8) is 0 Å². The van der Waals surface area contributed by atoms with Crippen LogP contribution in [0.15, 0.2) is 42.6 Å². The Morgan fingerprint density at radius 2 is 1.88 bits per heavy atom. The summed E-state index contributed by atoms with van der Waals surface area (Å²) in [7, 11) is 0. The molecule has 1 unspecified atom stereocenters. The van der Waals surface area contributed by atoms with Crippen molar-refractivity contribution in [2.24, 2.45) is 0 Å². The molecule has 0 radical (unpaired) electrons. The Labute approximate surface area is 151 Å². The Hall–Kier alpha value is -3.09. The average Bonchev–Trinajstić information content (AvgIpc) is 3.11. The quantitative estimate of drug-likeness (QED) is 0.900. The first-order chi connectivity index (χ1) is 12.6. The summed E-state index contributed by atoms with van der Waals surface area (Å²) in [6, 6.07) is 10.6. The van der Waals surface area contributed by atoms with Crippen LogP contribution in [-0.4, -0.2) is 40.4 Å². The van der Waals surface area contributed by atoms with Gasteiger partial charge in [-0.25, -0.2) is 4.79 Å². The number of fused-ring (bicyclic) bond motifs is 1. The summed E-state index contributed by atoms with van der Waals surface area (Å²) >= 11 is 0. The first-order valence-electron chi connectivity index (χ1n) is 8.72. The Bertz CT molecular complexity index is 888. The molecule has 3 heterocycles. The van der Waals surface area contributed by atoms with Gasteiger partial charge in [0, 0.05) is 37.9 Å². The number of urea groups is 1. The topological polar surface area (TPSA) is 74.7 Å². The van der Waals surface area contributed by atoms with Crippen LogP contribution in [0.25, 0.3) is 0 Å². The van der Waals surface area contributed by atoms with Gasteiger partial charge in [-0.05, 0) is 31.2 Å². The molecule has 7 nitrogen and oxygen atoms in total. The monoisotopic (exact) mass is 352 g/mol. The number of nitrogens with one attached hydrogen (secondary N) is 1. The summed E-state index contributed by atoms with van der Waals surface area (Å²) < 4.78 is 2.16. The standard InChI is InChI=1S/C19H20N4O3/c1-13-15-7-4-9-21(15)11-12-22(13)18(25)14-5-2-3-6-16(14)23-10-8-17(24)20-19(23)26/h2-7,9,13H,8,10-12H2,1H3,(H,20,24,26). The van der Waals surface area contributed by atoms with Gasteiger partial charge >= 0.3 is 6.03 Å². The molecule has 1 N–H and O–H groups in total. The number of benzene rings is 1. The number of anilines is 1. The van der Waals surface area contributed by atoms with E-state index in [1.54, 1.807) is 24.3 Å². The highest BCUT2D eigenvalue weighted by molar-refractivity contribution is 6.09. The molecule has 4 rings (SSSR count). The molecule has 4 amide bonds. The fourth-order valence-corrected chi connectivity index (χ4v) is 3.69. The lowest BCUT2D eigenvalue weighted by Crippen LogP contribution is -2.50. The van der Waals surface area contributed by atoms with E-state index in [1.807, 2.05) is 30.2 Å². The van der Waals surface area contributed by atoms with E-state index in [1.165, 1.54) is 4.90 Å². The molecule has 2 aliphatic rings. The van der Waals surface area contributed by atoms with Crippen molar-refractivity contribution < 1.29 is 14.4 Å². The Morgan fingerprint density at radius 1 is 1.08 bits per heavy atom. The van der Waals surface area contributed by atoms with Crippen LogP contribution >= 0.6 is 0 Å². The molecule has 134 valence electrons. The lowest BCUT2D eigenvalue weighted by molar-refractivity contribution is -0.120. The number of carbonyl (C=O) groups excluding carboxylic acids is 3. The van der Waals surface area contributed by atoms with Gasteiger partial charge in [0.2, 0.25) is 5.91 Å². The van der Waals surface area contributed by atoms with E-state index < -0.39 is 6.03 Å². The van der Waals surface area contributed by atoms with Crippen molar-refractivity contribution in [1.82, 2.24) is 14.8 Å². The van der Waals surface area contributed by atoms with E-state index in [0.717, 1.165) is 12.2 Å². The molecule has 1 saturated heterocycles. The number of aromatic nitrogens is 1. The molecule has 26 heavy (non-hydrogen) atoms. The smallest absolute Gasteiger partial charge is 0.328 e. The zero-order valence-corrected chi connectivity index (χ0v) is 14.5. The number of carbonyl (C=O) groups is 3. The number of rotatable bonds is 2. The third-order valence-corrected chi connectivity index (χ3v) is 5.08. The molecular weight excluding hydrogens is 332 g/mol. The second kappa shape index (κ2) is 6.33. The maximum absolute atomic E-state index is 13.3. The van der Waals surface area contributed by atoms with E-state index >= 15 is 0 Å². The Kier molecular flexibility index (Phi) is 3.99. The molecule has 1 atom stereocenters. The maximum atomic E-state index is 13.3. The molecular formula is C19H20N4O3. The van der Waals surface area contributed by atoms with Crippen LogP contribution in [0.2, 0.25) is 0 Å². The first-order valence-corrected chi connectivity index (χ1v) is 8.72. The Balaban J connectivity index is 1.65. The molecule has 1 aromatic heterocycles. The number of para-hydroxylation sites is 1. The summed E-state index contributed by atoms with van der Waals surface area (Å²) in [5, 5.41) is 2.31. The SMILES string of the molecule is CC1c2cccn2CCN1C(=O)c1ccccc1N1CCC(=O)NC1=O. The van der Waals surface area contributed by atoms with E-state index in [0.29, 0.717) is 17.8 Å². The van der Waals surface area contributed by atoms with E-state index in [2.05, 4.69) is 9.88 Å². The molecule has 2 aromatic rings. The molecule has 7 heteroatoms. The van der Waals surface area contributed by atoms with Crippen LogP contribution in [0.1, 0.15) is 35.4 Å². The molecule has 2 aliphatic heterocycles. The van der Waals surface area contributed by atoms with Crippen LogP contribution in [0.4, 0.5) is 10.5 Å².